The van der Waals surface area contributed by atoms with Gasteiger partial charge in [0.05, 0.1) is 0 Å². The largest absolute Gasteiger partial charge is 0.471 e. The molecule has 0 aromatic heterocycles. The average molecular weight is 485 g/mol. The van der Waals surface area contributed by atoms with E-state index in [9.17, 15) is 0 Å². The number of aliphatic imine (C=N–C) groups is 2. The van der Waals surface area contributed by atoms with Crippen molar-refractivity contribution in [3.8, 4) is 11.5 Å². The van der Waals surface area contributed by atoms with Gasteiger partial charge in [-0.1, -0.05) is 60.7 Å². The third kappa shape index (κ3) is 3.45. The fourth-order valence-electron chi connectivity index (χ4n) is 6.00. The van der Waals surface area contributed by atoms with Crippen molar-refractivity contribution in [1.29, 1.82) is 0 Å². The van der Waals surface area contributed by atoms with Crippen molar-refractivity contribution >= 4 is 11.8 Å². The molecule has 0 saturated heterocycles. The summed E-state index contributed by atoms with van der Waals surface area (Å²) >= 11 is 0. The molecule has 0 N–H and O–H groups in total. The second kappa shape index (κ2) is 8.07. The van der Waals surface area contributed by atoms with Crippen LogP contribution in [0.5, 0.6) is 11.5 Å². The summed E-state index contributed by atoms with van der Waals surface area (Å²) in [6, 6.07) is 33.0. The standard InChI is InChI=1S/C32H24N2O3/c1-3-13-25-19(7-1)17-27-29(25)33-31(36-27)21-9-5-11-23(15-21)35-24-12-6-10-22(16-24)32-34-30-26-14-4-2-8-20(26)18-28(30)37-32/h1-16,27-30H,17-18H2/t27-,28-,29+,30+/m1/s1. The summed E-state index contributed by atoms with van der Waals surface area (Å²) in [5.41, 5.74) is 7.07. The van der Waals surface area contributed by atoms with E-state index in [1.165, 1.54) is 22.3 Å². The summed E-state index contributed by atoms with van der Waals surface area (Å²) in [6.45, 7) is 0. The van der Waals surface area contributed by atoms with Crippen LogP contribution >= 0.6 is 0 Å². The monoisotopic (exact) mass is 484 g/mol. The van der Waals surface area contributed by atoms with Gasteiger partial charge in [0.25, 0.3) is 0 Å². The van der Waals surface area contributed by atoms with Crippen molar-refractivity contribution in [2.24, 2.45) is 9.98 Å². The second-order valence-corrected chi connectivity index (χ2v) is 10.0. The molecule has 8 rings (SSSR count). The van der Waals surface area contributed by atoms with E-state index in [2.05, 4.69) is 48.5 Å². The van der Waals surface area contributed by atoms with Gasteiger partial charge in [-0.15, -0.1) is 0 Å². The molecule has 2 aliphatic carbocycles. The lowest BCUT2D eigenvalue weighted by molar-refractivity contribution is 0.206. The fraction of sp³-hybridized carbons (Fsp3) is 0.188. The highest BCUT2D eigenvalue weighted by Crippen LogP contribution is 2.42. The Bertz CT molecular complexity index is 1490. The smallest absolute Gasteiger partial charge is 0.217 e. The van der Waals surface area contributed by atoms with Crippen molar-refractivity contribution in [1.82, 2.24) is 0 Å². The topological polar surface area (TPSA) is 52.4 Å². The first-order chi connectivity index (χ1) is 18.3. The lowest BCUT2D eigenvalue weighted by Crippen LogP contribution is -2.13. The third-order valence-corrected chi connectivity index (χ3v) is 7.73. The lowest BCUT2D eigenvalue weighted by Gasteiger charge is -2.12. The van der Waals surface area contributed by atoms with E-state index < -0.39 is 0 Å². The maximum absolute atomic E-state index is 6.27. The van der Waals surface area contributed by atoms with Crippen LogP contribution in [0.25, 0.3) is 0 Å². The molecule has 180 valence electrons. The first-order valence-electron chi connectivity index (χ1n) is 12.8. The van der Waals surface area contributed by atoms with Crippen molar-refractivity contribution in [3.05, 3.63) is 130 Å². The zero-order chi connectivity index (χ0) is 24.3. The number of fused-ring (bicyclic) bond motifs is 6. The van der Waals surface area contributed by atoms with E-state index in [1.54, 1.807) is 0 Å². The van der Waals surface area contributed by atoms with E-state index in [-0.39, 0.29) is 24.3 Å². The molecule has 4 aromatic rings. The molecular weight excluding hydrogens is 460 g/mol. The summed E-state index contributed by atoms with van der Waals surface area (Å²) in [5.74, 6) is 2.84. The number of benzene rings is 4. The number of hydrogen-bond acceptors (Lipinski definition) is 5. The van der Waals surface area contributed by atoms with Crippen LogP contribution in [0.2, 0.25) is 0 Å². The van der Waals surface area contributed by atoms with Crippen LogP contribution in [0, 0.1) is 0 Å². The zero-order valence-electron chi connectivity index (χ0n) is 20.1. The van der Waals surface area contributed by atoms with Gasteiger partial charge < -0.3 is 14.2 Å². The molecule has 0 bridgehead atoms. The molecule has 2 heterocycles. The Hall–Kier alpha value is -4.38. The van der Waals surface area contributed by atoms with Gasteiger partial charge in [-0.2, -0.15) is 0 Å². The molecule has 0 radical (unpaired) electrons. The van der Waals surface area contributed by atoms with Crippen LogP contribution in [0.4, 0.5) is 0 Å². The summed E-state index contributed by atoms with van der Waals surface area (Å²) in [6.07, 6.45) is 1.95. The number of nitrogens with zero attached hydrogens (tertiary/aromatic N) is 2. The third-order valence-electron chi connectivity index (χ3n) is 7.73. The van der Waals surface area contributed by atoms with Gasteiger partial charge in [-0.05, 0) is 58.7 Å². The Labute approximate surface area is 215 Å². The van der Waals surface area contributed by atoms with Crippen LogP contribution in [-0.4, -0.2) is 24.0 Å². The minimum absolute atomic E-state index is 0.0751. The molecular formula is C32H24N2O3. The number of ether oxygens (including phenoxy) is 3. The number of rotatable bonds is 4. The molecule has 4 aliphatic rings. The summed E-state index contributed by atoms with van der Waals surface area (Å²) in [5, 5.41) is 0. The Morgan fingerprint density at radius 2 is 1.05 bits per heavy atom. The molecule has 4 atom stereocenters. The van der Waals surface area contributed by atoms with Crippen LogP contribution in [0.3, 0.4) is 0 Å². The molecule has 0 unspecified atom stereocenters. The Morgan fingerprint density at radius 3 is 1.57 bits per heavy atom. The van der Waals surface area contributed by atoms with Gasteiger partial charge >= 0.3 is 0 Å². The summed E-state index contributed by atoms with van der Waals surface area (Å²) in [4.78, 5) is 9.85. The predicted molar refractivity (Wildman–Crippen MR) is 142 cm³/mol. The molecule has 4 aromatic carbocycles. The molecule has 0 spiro atoms. The molecule has 0 fully saturated rings. The highest BCUT2D eigenvalue weighted by atomic mass is 16.5. The van der Waals surface area contributed by atoms with Crippen molar-refractivity contribution in [3.63, 3.8) is 0 Å². The average Bonchev–Trinajstić information content (AvgIpc) is 3.68. The fourth-order valence-corrected chi connectivity index (χ4v) is 6.00. The van der Waals surface area contributed by atoms with Crippen molar-refractivity contribution in [2.75, 3.05) is 0 Å². The first kappa shape index (κ1) is 20.8. The van der Waals surface area contributed by atoms with Crippen LogP contribution in [0.15, 0.2) is 107 Å². The molecule has 5 nitrogen and oxygen atoms in total. The normalized spacial score (nSPS) is 24.2. The van der Waals surface area contributed by atoms with E-state index >= 15 is 0 Å². The lowest BCUT2D eigenvalue weighted by atomic mass is 10.1. The maximum Gasteiger partial charge on any atom is 0.217 e. The van der Waals surface area contributed by atoms with Crippen molar-refractivity contribution < 1.29 is 14.2 Å². The van der Waals surface area contributed by atoms with E-state index in [0.717, 1.165) is 35.5 Å². The van der Waals surface area contributed by atoms with Gasteiger partial charge in [0.1, 0.15) is 35.8 Å². The number of hydrogen-bond donors (Lipinski definition) is 0. The highest BCUT2D eigenvalue weighted by molar-refractivity contribution is 5.97. The molecule has 2 aliphatic heterocycles. The van der Waals surface area contributed by atoms with Crippen LogP contribution < -0.4 is 4.74 Å². The Kier molecular flexibility index (Phi) is 4.53. The van der Waals surface area contributed by atoms with Crippen molar-refractivity contribution in [2.45, 2.75) is 37.1 Å². The zero-order valence-corrected chi connectivity index (χ0v) is 20.1. The van der Waals surface area contributed by atoms with Gasteiger partial charge in [0, 0.05) is 24.0 Å². The van der Waals surface area contributed by atoms with E-state index in [0.29, 0.717) is 11.8 Å². The quantitative estimate of drug-likeness (QED) is 0.338. The molecule has 0 amide bonds. The van der Waals surface area contributed by atoms with Gasteiger partial charge in [-0.3, -0.25) is 0 Å². The molecule has 37 heavy (non-hydrogen) atoms. The predicted octanol–water partition coefficient (Wildman–Crippen LogP) is 6.36. The minimum Gasteiger partial charge on any atom is -0.471 e. The molecule has 0 saturated carbocycles. The SMILES string of the molecule is c1cc(Oc2cccc(C3=N[C@H]4c5ccccc5C[C@H]4O3)c2)cc(C2=N[C@H]3c4ccccc4C[C@H]3O2)c1. The van der Waals surface area contributed by atoms with Gasteiger partial charge in [0.2, 0.25) is 11.8 Å². The summed E-state index contributed by atoms with van der Waals surface area (Å²) in [7, 11) is 0. The maximum atomic E-state index is 6.27. The summed E-state index contributed by atoms with van der Waals surface area (Å²) < 4.78 is 18.8. The van der Waals surface area contributed by atoms with Gasteiger partial charge in [0.15, 0.2) is 0 Å². The van der Waals surface area contributed by atoms with E-state index in [1.807, 2.05) is 48.5 Å². The van der Waals surface area contributed by atoms with Crippen LogP contribution in [0.1, 0.15) is 45.5 Å². The van der Waals surface area contributed by atoms with Gasteiger partial charge in [-0.25, -0.2) is 9.98 Å². The van der Waals surface area contributed by atoms with Crippen LogP contribution in [-0.2, 0) is 22.3 Å². The Morgan fingerprint density at radius 1 is 0.568 bits per heavy atom. The highest BCUT2D eigenvalue weighted by Gasteiger charge is 2.40. The Balaban J connectivity index is 1.03. The second-order valence-electron chi connectivity index (χ2n) is 10.0. The van der Waals surface area contributed by atoms with E-state index in [4.69, 9.17) is 24.2 Å². The first-order valence-corrected chi connectivity index (χ1v) is 12.8. The molecule has 5 heteroatoms. The minimum atomic E-state index is 0.0751.